The number of nitrogens with zero attached hydrogens (tertiary/aromatic N) is 4. The lowest BCUT2D eigenvalue weighted by Gasteiger charge is -2.35. The molecule has 1 aliphatic carbocycles. The zero-order chi connectivity index (χ0) is 16.2. The number of piperidine rings is 1. The van der Waals surface area contributed by atoms with Gasteiger partial charge in [-0.15, -0.1) is 5.10 Å². The fourth-order valence-corrected chi connectivity index (χ4v) is 3.99. The SMILES string of the molecule is c1cnnc(N2CCC[C@H](N[C@@H]3CCc4cccnc4CC3)C2)c1. The van der Waals surface area contributed by atoms with Crippen molar-refractivity contribution in [3.05, 3.63) is 47.9 Å². The topological polar surface area (TPSA) is 53.9 Å². The number of fused-ring (bicyclic) bond motifs is 1. The van der Waals surface area contributed by atoms with Crippen LogP contribution in [0.15, 0.2) is 36.7 Å². The van der Waals surface area contributed by atoms with Gasteiger partial charge in [-0.25, -0.2) is 0 Å². The van der Waals surface area contributed by atoms with Gasteiger partial charge in [0, 0.05) is 43.3 Å². The van der Waals surface area contributed by atoms with E-state index in [1.807, 2.05) is 12.3 Å². The molecule has 24 heavy (non-hydrogen) atoms. The van der Waals surface area contributed by atoms with Crippen molar-refractivity contribution in [2.75, 3.05) is 18.0 Å². The summed E-state index contributed by atoms with van der Waals surface area (Å²) < 4.78 is 0. The quantitative estimate of drug-likeness (QED) is 0.879. The van der Waals surface area contributed by atoms with Crippen molar-refractivity contribution in [2.45, 2.75) is 50.6 Å². The molecule has 0 spiro atoms. The van der Waals surface area contributed by atoms with Crippen molar-refractivity contribution in [2.24, 2.45) is 0 Å². The molecule has 1 aliphatic heterocycles. The number of nitrogens with one attached hydrogen (secondary N) is 1. The van der Waals surface area contributed by atoms with Crippen LogP contribution in [0.1, 0.15) is 36.9 Å². The summed E-state index contributed by atoms with van der Waals surface area (Å²) in [6.07, 6.45) is 10.7. The van der Waals surface area contributed by atoms with Gasteiger partial charge >= 0.3 is 0 Å². The fraction of sp³-hybridized carbons (Fsp3) is 0.526. The Labute approximate surface area is 143 Å². The second kappa shape index (κ2) is 7.26. The number of hydrogen-bond acceptors (Lipinski definition) is 5. The number of pyridine rings is 1. The number of anilines is 1. The van der Waals surface area contributed by atoms with E-state index in [2.05, 4.69) is 43.6 Å². The number of rotatable bonds is 3. The summed E-state index contributed by atoms with van der Waals surface area (Å²) >= 11 is 0. The predicted molar refractivity (Wildman–Crippen MR) is 95.1 cm³/mol. The fourth-order valence-electron chi connectivity index (χ4n) is 3.99. The zero-order valence-electron chi connectivity index (χ0n) is 14.1. The van der Waals surface area contributed by atoms with Gasteiger partial charge in [-0.3, -0.25) is 4.98 Å². The highest BCUT2D eigenvalue weighted by molar-refractivity contribution is 5.37. The molecule has 1 saturated heterocycles. The Morgan fingerprint density at radius 3 is 2.83 bits per heavy atom. The van der Waals surface area contributed by atoms with Crippen LogP contribution in [-0.4, -0.2) is 40.4 Å². The second-order valence-electron chi connectivity index (χ2n) is 6.92. The van der Waals surface area contributed by atoms with Crippen molar-refractivity contribution in [3.63, 3.8) is 0 Å². The number of aromatic nitrogens is 3. The first-order chi connectivity index (χ1) is 11.9. The molecule has 0 unspecified atom stereocenters. The summed E-state index contributed by atoms with van der Waals surface area (Å²) in [4.78, 5) is 6.92. The Morgan fingerprint density at radius 1 is 1.00 bits per heavy atom. The Morgan fingerprint density at radius 2 is 1.92 bits per heavy atom. The zero-order valence-corrected chi connectivity index (χ0v) is 14.1. The summed E-state index contributed by atoms with van der Waals surface area (Å²) in [5, 5.41) is 12.2. The van der Waals surface area contributed by atoms with Gasteiger partial charge in [0.05, 0.1) is 0 Å². The number of hydrogen-bond donors (Lipinski definition) is 1. The van der Waals surface area contributed by atoms with E-state index in [4.69, 9.17) is 0 Å². The van der Waals surface area contributed by atoms with Crippen LogP contribution in [0, 0.1) is 0 Å². The molecule has 1 fully saturated rings. The molecule has 2 aromatic rings. The Kier molecular flexibility index (Phi) is 4.69. The smallest absolute Gasteiger partial charge is 0.151 e. The highest BCUT2D eigenvalue weighted by atomic mass is 15.3. The molecule has 0 saturated carbocycles. The van der Waals surface area contributed by atoms with E-state index < -0.39 is 0 Å². The van der Waals surface area contributed by atoms with Gasteiger partial charge in [0.1, 0.15) is 0 Å². The molecule has 4 rings (SSSR count). The lowest BCUT2D eigenvalue weighted by molar-refractivity contribution is 0.351. The molecule has 5 nitrogen and oxygen atoms in total. The molecule has 2 aromatic heterocycles. The largest absolute Gasteiger partial charge is 0.354 e. The first-order valence-corrected chi connectivity index (χ1v) is 9.10. The first-order valence-electron chi connectivity index (χ1n) is 9.10. The van der Waals surface area contributed by atoms with Crippen LogP contribution in [0.2, 0.25) is 0 Å². The first kappa shape index (κ1) is 15.5. The van der Waals surface area contributed by atoms with Crippen molar-refractivity contribution >= 4 is 5.82 Å². The maximum absolute atomic E-state index is 4.56. The summed E-state index contributed by atoms with van der Waals surface area (Å²) in [6.45, 7) is 2.11. The van der Waals surface area contributed by atoms with Crippen LogP contribution in [0.4, 0.5) is 5.82 Å². The molecule has 0 bridgehead atoms. The van der Waals surface area contributed by atoms with Crippen LogP contribution < -0.4 is 10.2 Å². The van der Waals surface area contributed by atoms with Crippen LogP contribution >= 0.6 is 0 Å². The van der Waals surface area contributed by atoms with Gasteiger partial charge in [0.2, 0.25) is 0 Å². The highest BCUT2D eigenvalue weighted by Crippen LogP contribution is 2.21. The summed E-state index contributed by atoms with van der Waals surface area (Å²) in [5.41, 5.74) is 2.73. The molecule has 126 valence electrons. The highest BCUT2D eigenvalue weighted by Gasteiger charge is 2.24. The Hall–Kier alpha value is -2.01. The lowest BCUT2D eigenvalue weighted by Crippen LogP contribution is -2.49. The van der Waals surface area contributed by atoms with E-state index in [1.165, 1.54) is 36.9 Å². The van der Waals surface area contributed by atoms with Gasteiger partial charge in [0.15, 0.2) is 5.82 Å². The van der Waals surface area contributed by atoms with Gasteiger partial charge in [-0.2, -0.15) is 5.10 Å². The van der Waals surface area contributed by atoms with Gasteiger partial charge in [-0.1, -0.05) is 6.07 Å². The normalized spacial score (nSPS) is 24.2. The van der Waals surface area contributed by atoms with Crippen LogP contribution in [0.3, 0.4) is 0 Å². The van der Waals surface area contributed by atoms with E-state index in [1.54, 1.807) is 6.20 Å². The lowest BCUT2D eigenvalue weighted by atomic mass is 10.0. The molecular weight excluding hydrogens is 298 g/mol. The van der Waals surface area contributed by atoms with Crippen molar-refractivity contribution < 1.29 is 0 Å². The summed E-state index contributed by atoms with van der Waals surface area (Å²) in [6, 6.07) is 9.46. The van der Waals surface area contributed by atoms with Gasteiger partial charge in [-0.05, 0) is 62.3 Å². The maximum atomic E-state index is 4.56. The standard InChI is InChI=1S/C19H25N5/c1-4-15-7-8-16(9-10-18(15)20-11-1)22-17-5-3-13-24(14-17)19-6-2-12-21-23-19/h1-2,4,6,11-12,16-17,22H,3,5,7-10,13-14H2/t16-,17+/m1/s1. The Bertz CT molecular complexity index is 633. The monoisotopic (exact) mass is 323 g/mol. The molecular formula is C19H25N5. The average molecular weight is 323 g/mol. The summed E-state index contributed by atoms with van der Waals surface area (Å²) in [5.74, 6) is 1.00. The minimum absolute atomic E-state index is 0.542. The molecule has 0 aromatic carbocycles. The minimum atomic E-state index is 0.542. The maximum Gasteiger partial charge on any atom is 0.151 e. The van der Waals surface area contributed by atoms with E-state index in [-0.39, 0.29) is 0 Å². The van der Waals surface area contributed by atoms with Gasteiger partial charge < -0.3 is 10.2 Å². The van der Waals surface area contributed by atoms with Gasteiger partial charge in [0.25, 0.3) is 0 Å². The van der Waals surface area contributed by atoms with E-state index in [9.17, 15) is 0 Å². The number of aryl methyl sites for hydroxylation is 2. The summed E-state index contributed by atoms with van der Waals surface area (Å²) in [7, 11) is 0. The third-order valence-electron chi connectivity index (χ3n) is 5.25. The van der Waals surface area contributed by atoms with Crippen molar-refractivity contribution in [3.8, 4) is 0 Å². The second-order valence-corrected chi connectivity index (χ2v) is 6.92. The van der Waals surface area contributed by atoms with Crippen molar-refractivity contribution in [1.29, 1.82) is 0 Å². The molecule has 5 heteroatoms. The molecule has 3 heterocycles. The molecule has 1 N–H and O–H groups in total. The Balaban J connectivity index is 1.36. The third kappa shape index (κ3) is 3.56. The van der Waals surface area contributed by atoms with Crippen LogP contribution in [0.25, 0.3) is 0 Å². The molecule has 2 atom stereocenters. The molecule has 2 aliphatic rings. The molecule has 0 amide bonds. The van der Waals surface area contributed by atoms with Crippen LogP contribution in [0.5, 0.6) is 0 Å². The molecule has 0 radical (unpaired) electrons. The van der Waals surface area contributed by atoms with Crippen molar-refractivity contribution in [1.82, 2.24) is 20.5 Å². The third-order valence-corrected chi connectivity index (χ3v) is 5.25. The minimum Gasteiger partial charge on any atom is -0.354 e. The van der Waals surface area contributed by atoms with Crippen LogP contribution in [-0.2, 0) is 12.8 Å². The average Bonchev–Trinajstić information content (AvgIpc) is 2.85. The van der Waals surface area contributed by atoms with E-state index >= 15 is 0 Å². The van der Waals surface area contributed by atoms with E-state index in [0.29, 0.717) is 12.1 Å². The van der Waals surface area contributed by atoms with E-state index in [0.717, 1.165) is 31.7 Å². The predicted octanol–water partition coefficient (Wildman–Crippen LogP) is 2.38.